The van der Waals surface area contributed by atoms with Crippen LogP contribution in [0.4, 0.5) is 11.4 Å². The van der Waals surface area contributed by atoms with Gasteiger partial charge in [-0.05, 0) is 11.6 Å². The number of non-ortho nitro benzene ring substituents is 1. The molecule has 98 valence electrons. The average molecular weight is 340 g/mol. The molecule has 0 bridgehead atoms. The maximum absolute atomic E-state index is 10.6. The Hall–Kier alpha value is -1.60. The molecule has 0 unspecified atom stereocenters. The number of nitro groups is 1. The largest absolute Gasteiger partial charge is 0.397 e. The van der Waals surface area contributed by atoms with E-state index >= 15 is 0 Å². The van der Waals surface area contributed by atoms with E-state index in [9.17, 15) is 10.1 Å². The summed E-state index contributed by atoms with van der Waals surface area (Å²) >= 11 is 4.91. The number of halogens is 1. The van der Waals surface area contributed by atoms with Crippen molar-refractivity contribution in [1.29, 1.82) is 0 Å². The van der Waals surface area contributed by atoms with Gasteiger partial charge in [-0.2, -0.15) is 0 Å². The van der Waals surface area contributed by atoms with Crippen molar-refractivity contribution in [2.45, 2.75) is 10.6 Å². The first-order valence-electron chi connectivity index (χ1n) is 5.33. The van der Waals surface area contributed by atoms with Gasteiger partial charge in [0.1, 0.15) is 0 Å². The zero-order valence-corrected chi connectivity index (χ0v) is 12.1. The second-order valence-corrected chi connectivity index (χ2v) is 5.61. The second-order valence-electron chi connectivity index (χ2n) is 3.73. The Bertz CT molecular complexity index is 622. The number of nitrogens with two attached hydrogens (primary N) is 1. The van der Waals surface area contributed by atoms with Crippen molar-refractivity contribution in [3.05, 3.63) is 56.8 Å². The monoisotopic (exact) mass is 339 g/mol. The van der Waals surface area contributed by atoms with Crippen LogP contribution in [-0.2, 0) is 5.75 Å². The third-order valence-electron chi connectivity index (χ3n) is 2.44. The number of nitrogen functional groups attached to an aromatic ring is 1. The molecular weight excluding hydrogens is 330 g/mol. The normalized spacial score (nSPS) is 10.4. The molecule has 1 aromatic carbocycles. The lowest BCUT2D eigenvalue weighted by atomic mass is 10.2. The van der Waals surface area contributed by atoms with Crippen molar-refractivity contribution in [2.75, 3.05) is 5.73 Å². The summed E-state index contributed by atoms with van der Waals surface area (Å²) in [7, 11) is 0. The summed E-state index contributed by atoms with van der Waals surface area (Å²) < 4.78 is 0.724. The van der Waals surface area contributed by atoms with Gasteiger partial charge in [0.25, 0.3) is 5.69 Å². The third kappa shape index (κ3) is 3.45. The molecule has 2 aromatic rings. The molecule has 0 saturated heterocycles. The molecule has 2 rings (SSSR count). The van der Waals surface area contributed by atoms with Crippen molar-refractivity contribution in [3.8, 4) is 0 Å². The zero-order chi connectivity index (χ0) is 13.8. The van der Waals surface area contributed by atoms with Gasteiger partial charge in [0, 0.05) is 33.5 Å². The van der Waals surface area contributed by atoms with Crippen molar-refractivity contribution in [3.63, 3.8) is 0 Å². The van der Waals surface area contributed by atoms with Gasteiger partial charge >= 0.3 is 0 Å². The Kier molecular flexibility index (Phi) is 4.39. The maximum Gasteiger partial charge on any atom is 0.270 e. The van der Waals surface area contributed by atoms with Crippen molar-refractivity contribution < 1.29 is 4.92 Å². The number of aromatic nitrogens is 1. The summed E-state index contributed by atoms with van der Waals surface area (Å²) in [5.74, 6) is 0.673. The molecule has 0 spiro atoms. The first-order valence-corrected chi connectivity index (χ1v) is 7.11. The number of thioether (sulfide) groups is 1. The number of benzene rings is 1. The molecule has 0 radical (unpaired) electrons. The average Bonchev–Trinajstić information content (AvgIpc) is 2.39. The lowest BCUT2D eigenvalue weighted by Gasteiger charge is -2.06. The van der Waals surface area contributed by atoms with Crippen LogP contribution >= 0.6 is 27.7 Å². The van der Waals surface area contributed by atoms with Crippen molar-refractivity contribution in [1.82, 2.24) is 4.98 Å². The van der Waals surface area contributed by atoms with Gasteiger partial charge in [-0.3, -0.25) is 15.1 Å². The van der Waals surface area contributed by atoms with E-state index in [2.05, 4.69) is 20.9 Å². The quantitative estimate of drug-likeness (QED) is 0.522. The predicted molar refractivity (Wildman–Crippen MR) is 79.0 cm³/mol. The molecule has 5 nitrogen and oxygen atoms in total. The summed E-state index contributed by atoms with van der Waals surface area (Å²) in [6.07, 6.45) is 3.29. The minimum Gasteiger partial charge on any atom is -0.397 e. The number of hydrogen-bond donors (Lipinski definition) is 1. The van der Waals surface area contributed by atoms with E-state index in [4.69, 9.17) is 5.73 Å². The Morgan fingerprint density at radius 3 is 2.84 bits per heavy atom. The van der Waals surface area contributed by atoms with E-state index in [1.54, 1.807) is 30.2 Å². The van der Waals surface area contributed by atoms with Crippen LogP contribution in [-0.4, -0.2) is 9.91 Å². The number of nitrogens with zero attached hydrogens (tertiary/aromatic N) is 2. The molecule has 19 heavy (non-hydrogen) atoms. The van der Waals surface area contributed by atoms with Gasteiger partial charge in [0.05, 0.1) is 16.8 Å². The van der Waals surface area contributed by atoms with Crippen LogP contribution in [0, 0.1) is 10.1 Å². The maximum atomic E-state index is 10.6. The molecule has 0 fully saturated rings. The molecule has 0 aliphatic carbocycles. The summed E-state index contributed by atoms with van der Waals surface area (Å²) in [5.41, 5.74) is 7.48. The number of rotatable bonds is 4. The molecule has 0 saturated carbocycles. The van der Waals surface area contributed by atoms with Crippen LogP contribution in [0.5, 0.6) is 0 Å². The highest BCUT2D eigenvalue weighted by Gasteiger charge is 2.09. The van der Waals surface area contributed by atoms with Crippen molar-refractivity contribution >= 4 is 39.1 Å². The van der Waals surface area contributed by atoms with Gasteiger partial charge in [0.15, 0.2) is 0 Å². The Morgan fingerprint density at radius 1 is 1.42 bits per heavy atom. The molecule has 0 aliphatic rings. The number of pyridine rings is 1. The van der Waals surface area contributed by atoms with Gasteiger partial charge in [-0.15, -0.1) is 11.8 Å². The molecule has 2 N–H and O–H groups in total. The van der Waals surface area contributed by atoms with Crippen LogP contribution < -0.4 is 5.73 Å². The number of hydrogen-bond acceptors (Lipinski definition) is 5. The fraction of sp³-hybridized carbons (Fsp3) is 0.0833. The fourth-order valence-electron chi connectivity index (χ4n) is 1.45. The lowest BCUT2D eigenvalue weighted by Crippen LogP contribution is -1.92. The van der Waals surface area contributed by atoms with Gasteiger partial charge in [-0.25, -0.2) is 0 Å². The summed E-state index contributed by atoms with van der Waals surface area (Å²) in [5, 5.41) is 10.6. The number of anilines is 1. The Labute approximate surface area is 122 Å². The van der Waals surface area contributed by atoms with E-state index in [0.717, 1.165) is 14.9 Å². The summed E-state index contributed by atoms with van der Waals surface area (Å²) in [6, 6.07) is 6.59. The minimum atomic E-state index is -0.414. The summed E-state index contributed by atoms with van der Waals surface area (Å²) in [4.78, 5) is 15.1. The standard InChI is InChI=1S/C12H10BrN3O2S/c13-10-5-9(16(17)18)2-1-8(10)7-19-12-3-4-15-6-11(12)14/h1-6H,7,14H2. The van der Waals surface area contributed by atoms with E-state index in [1.165, 1.54) is 12.1 Å². The van der Waals surface area contributed by atoms with E-state index < -0.39 is 4.92 Å². The lowest BCUT2D eigenvalue weighted by molar-refractivity contribution is -0.384. The SMILES string of the molecule is Nc1cnccc1SCc1ccc([N+](=O)[O-])cc1Br. The molecule has 0 atom stereocenters. The first-order chi connectivity index (χ1) is 9.08. The van der Waals surface area contributed by atoms with Crippen molar-refractivity contribution in [2.24, 2.45) is 0 Å². The fourth-order valence-corrected chi connectivity index (χ4v) is 3.08. The molecule has 1 aromatic heterocycles. The Balaban J connectivity index is 2.12. The molecule has 0 amide bonds. The van der Waals surface area contributed by atoms with Crippen LogP contribution in [0.25, 0.3) is 0 Å². The first kappa shape index (κ1) is 13.8. The molecule has 0 aliphatic heterocycles. The zero-order valence-electron chi connectivity index (χ0n) is 9.75. The minimum absolute atomic E-state index is 0.0732. The van der Waals surface area contributed by atoms with E-state index in [-0.39, 0.29) is 5.69 Å². The topological polar surface area (TPSA) is 82.0 Å². The van der Waals surface area contributed by atoms with Gasteiger partial charge in [0.2, 0.25) is 0 Å². The van der Waals surface area contributed by atoms with Crippen LogP contribution in [0.3, 0.4) is 0 Å². The third-order valence-corrected chi connectivity index (χ3v) is 4.32. The Morgan fingerprint density at radius 2 is 2.21 bits per heavy atom. The smallest absolute Gasteiger partial charge is 0.270 e. The molecular formula is C12H10BrN3O2S. The number of nitro benzene ring substituents is 1. The van der Waals surface area contributed by atoms with Gasteiger partial charge < -0.3 is 5.73 Å². The van der Waals surface area contributed by atoms with Gasteiger partial charge in [-0.1, -0.05) is 22.0 Å². The van der Waals surface area contributed by atoms with Crippen LogP contribution in [0.1, 0.15) is 5.56 Å². The predicted octanol–water partition coefficient (Wildman–Crippen LogP) is 3.63. The van der Waals surface area contributed by atoms with E-state index in [1.807, 2.05) is 6.07 Å². The molecule has 1 heterocycles. The highest BCUT2D eigenvalue weighted by atomic mass is 79.9. The van der Waals surface area contributed by atoms with E-state index in [0.29, 0.717) is 11.4 Å². The van der Waals surface area contributed by atoms with Crippen LogP contribution in [0.15, 0.2) is 46.0 Å². The molecule has 7 heteroatoms. The highest BCUT2D eigenvalue weighted by molar-refractivity contribution is 9.10. The summed E-state index contributed by atoms with van der Waals surface area (Å²) in [6.45, 7) is 0. The van der Waals surface area contributed by atoms with Crippen LogP contribution in [0.2, 0.25) is 0 Å². The highest BCUT2D eigenvalue weighted by Crippen LogP contribution is 2.31. The second kappa shape index (κ2) is 6.03.